The van der Waals surface area contributed by atoms with Crippen molar-refractivity contribution in [2.24, 2.45) is 5.92 Å². The Kier molecular flexibility index (Phi) is 5.73. The molecule has 23 heavy (non-hydrogen) atoms. The van der Waals surface area contributed by atoms with Crippen LogP contribution in [-0.2, 0) is 16.0 Å². The summed E-state index contributed by atoms with van der Waals surface area (Å²) >= 11 is 0. The van der Waals surface area contributed by atoms with Crippen LogP contribution in [0.1, 0.15) is 35.2 Å². The zero-order valence-electron chi connectivity index (χ0n) is 13.2. The van der Waals surface area contributed by atoms with Gasteiger partial charge in [-0.05, 0) is 37.0 Å². The molecule has 1 aromatic carbocycles. The number of hydrogen-bond acceptors (Lipinski definition) is 3. The Labute approximate surface area is 135 Å². The Morgan fingerprint density at radius 2 is 2.13 bits per heavy atom. The number of nitrogens with zero attached hydrogens (tertiary/aromatic N) is 1. The van der Waals surface area contributed by atoms with Crippen molar-refractivity contribution in [3.05, 3.63) is 35.4 Å². The molecule has 0 aromatic heterocycles. The molecule has 0 saturated carbocycles. The van der Waals surface area contributed by atoms with E-state index in [0.717, 1.165) is 12.0 Å². The van der Waals surface area contributed by atoms with Crippen LogP contribution >= 0.6 is 0 Å². The summed E-state index contributed by atoms with van der Waals surface area (Å²) in [5, 5.41) is 11.6. The van der Waals surface area contributed by atoms with Gasteiger partial charge in [0.1, 0.15) is 0 Å². The van der Waals surface area contributed by atoms with Crippen LogP contribution in [0.4, 0.5) is 0 Å². The molecule has 0 aliphatic carbocycles. The number of benzene rings is 1. The van der Waals surface area contributed by atoms with Crippen molar-refractivity contribution in [3.63, 3.8) is 0 Å². The van der Waals surface area contributed by atoms with Gasteiger partial charge in [-0.1, -0.05) is 12.1 Å². The molecule has 1 saturated heterocycles. The summed E-state index contributed by atoms with van der Waals surface area (Å²) in [6.45, 7) is 0.924. The quantitative estimate of drug-likeness (QED) is 0.857. The molecule has 1 aliphatic rings. The molecular formula is C17H22N2O4. The SMILES string of the molecule is CNC(=O)c1cccc(CCC(=O)N2CCC[C@H](C(=O)O)C2)c1. The van der Waals surface area contributed by atoms with Crippen LogP contribution in [0.15, 0.2) is 24.3 Å². The molecule has 0 bridgehead atoms. The molecule has 0 unspecified atom stereocenters. The van der Waals surface area contributed by atoms with Crippen molar-refractivity contribution in [2.45, 2.75) is 25.7 Å². The fourth-order valence-corrected chi connectivity index (χ4v) is 2.83. The van der Waals surface area contributed by atoms with Crippen molar-refractivity contribution >= 4 is 17.8 Å². The Morgan fingerprint density at radius 3 is 2.83 bits per heavy atom. The molecule has 2 amide bonds. The van der Waals surface area contributed by atoms with Crippen LogP contribution in [0, 0.1) is 5.92 Å². The monoisotopic (exact) mass is 318 g/mol. The van der Waals surface area contributed by atoms with E-state index in [-0.39, 0.29) is 11.8 Å². The van der Waals surface area contributed by atoms with Crippen LogP contribution in [0.25, 0.3) is 0 Å². The Bertz CT molecular complexity index is 600. The maximum Gasteiger partial charge on any atom is 0.308 e. The number of carboxylic acid groups (broad SMARTS) is 1. The molecule has 2 rings (SSSR count). The Hall–Kier alpha value is -2.37. The number of aliphatic carboxylic acids is 1. The van der Waals surface area contributed by atoms with Gasteiger partial charge in [0.2, 0.25) is 5.91 Å². The minimum atomic E-state index is -0.833. The maximum absolute atomic E-state index is 12.3. The highest BCUT2D eigenvalue weighted by Crippen LogP contribution is 2.18. The van der Waals surface area contributed by atoms with Crippen molar-refractivity contribution in [3.8, 4) is 0 Å². The molecule has 1 aromatic rings. The van der Waals surface area contributed by atoms with Crippen molar-refractivity contribution < 1.29 is 19.5 Å². The average molecular weight is 318 g/mol. The Balaban J connectivity index is 1.91. The van der Waals surface area contributed by atoms with Crippen molar-refractivity contribution in [2.75, 3.05) is 20.1 Å². The highest BCUT2D eigenvalue weighted by molar-refractivity contribution is 5.94. The Morgan fingerprint density at radius 1 is 1.35 bits per heavy atom. The smallest absolute Gasteiger partial charge is 0.308 e. The van der Waals surface area contributed by atoms with Gasteiger partial charge in [0.25, 0.3) is 5.91 Å². The van der Waals surface area contributed by atoms with E-state index in [2.05, 4.69) is 5.32 Å². The summed E-state index contributed by atoms with van der Waals surface area (Å²) in [4.78, 5) is 36.6. The lowest BCUT2D eigenvalue weighted by molar-refractivity contribution is -0.145. The third-order valence-corrected chi connectivity index (χ3v) is 4.17. The molecule has 124 valence electrons. The second-order valence-electron chi connectivity index (χ2n) is 5.80. The van der Waals surface area contributed by atoms with Gasteiger partial charge in [0.15, 0.2) is 0 Å². The standard InChI is InChI=1S/C17H22N2O4/c1-18-16(21)13-5-2-4-12(10-13)7-8-15(20)19-9-3-6-14(11-19)17(22)23/h2,4-5,10,14H,3,6-9,11H2,1H3,(H,18,21)(H,22,23)/t14-/m0/s1. The lowest BCUT2D eigenvalue weighted by Crippen LogP contribution is -2.42. The van der Waals surface area contributed by atoms with E-state index >= 15 is 0 Å². The van der Waals surface area contributed by atoms with E-state index < -0.39 is 11.9 Å². The van der Waals surface area contributed by atoms with E-state index in [1.165, 1.54) is 0 Å². The lowest BCUT2D eigenvalue weighted by atomic mass is 9.97. The third kappa shape index (κ3) is 4.55. The van der Waals surface area contributed by atoms with E-state index in [4.69, 9.17) is 5.11 Å². The summed E-state index contributed by atoms with van der Waals surface area (Å²) in [6, 6.07) is 7.19. The van der Waals surface area contributed by atoms with Gasteiger partial charge in [-0.2, -0.15) is 0 Å². The normalized spacial score (nSPS) is 17.6. The minimum absolute atomic E-state index is 0.0266. The number of carboxylic acids is 1. The number of nitrogens with one attached hydrogen (secondary N) is 1. The first kappa shape index (κ1) is 17.0. The molecule has 6 nitrogen and oxygen atoms in total. The second-order valence-corrected chi connectivity index (χ2v) is 5.80. The number of carbonyl (C=O) groups excluding carboxylic acids is 2. The molecule has 0 spiro atoms. The first-order chi connectivity index (χ1) is 11.0. The maximum atomic E-state index is 12.3. The number of carbonyl (C=O) groups is 3. The number of likely N-dealkylation sites (tertiary alicyclic amines) is 1. The molecule has 6 heteroatoms. The lowest BCUT2D eigenvalue weighted by Gasteiger charge is -2.30. The van der Waals surface area contributed by atoms with Crippen LogP contribution in [0.3, 0.4) is 0 Å². The van der Waals surface area contributed by atoms with E-state index in [1.54, 1.807) is 30.1 Å². The molecule has 1 heterocycles. The molecule has 1 fully saturated rings. The van der Waals surface area contributed by atoms with E-state index in [1.807, 2.05) is 6.07 Å². The topological polar surface area (TPSA) is 86.7 Å². The molecular weight excluding hydrogens is 296 g/mol. The number of piperidine rings is 1. The van der Waals surface area contributed by atoms with Gasteiger partial charge >= 0.3 is 5.97 Å². The van der Waals surface area contributed by atoms with Crippen LogP contribution in [-0.4, -0.2) is 47.9 Å². The predicted molar refractivity (Wildman–Crippen MR) is 85.1 cm³/mol. The number of hydrogen-bond donors (Lipinski definition) is 2. The molecule has 1 atom stereocenters. The fraction of sp³-hybridized carbons (Fsp3) is 0.471. The predicted octanol–water partition coefficient (Wildman–Crippen LogP) is 1.30. The summed E-state index contributed by atoms with van der Waals surface area (Å²) in [6.07, 6.45) is 2.23. The van der Waals surface area contributed by atoms with Crippen LogP contribution in [0.2, 0.25) is 0 Å². The molecule has 1 aliphatic heterocycles. The van der Waals surface area contributed by atoms with Gasteiger partial charge in [0.05, 0.1) is 5.92 Å². The summed E-state index contributed by atoms with van der Waals surface area (Å²) in [5.74, 6) is -1.47. The van der Waals surface area contributed by atoms with Gasteiger partial charge in [-0.15, -0.1) is 0 Å². The van der Waals surface area contributed by atoms with E-state index in [0.29, 0.717) is 37.9 Å². The average Bonchev–Trinajstić information content (AvgIpc) is 2.59. The minimum Gasteiger partial charge on any atom is -0.481 e. The van der Waals surface area contributed by atoms with Gasteiger partial charge < -0.3 is 15.3 Å². The van der Waals surface area contributed by atoms with Crippen LogP contribution < -0.4 is 5.32 Å². The first-order valence-corrected chi connectivity index (χ1v) is 7.83. The molecule has 0 radical (unpaired) electrons. The zero-order chi connectivity index (χ0) is 16.8. The summed E-state index contributed by atoms with van der Waals surface area (Å²) in [5.41, 5.74) is 1.49. The highest BCUT2D eigenvalue weighted by atomic mass is 16.4. The fourth-order valence-electron chi connectivity index (χ4n) is 2.83. The summed E-state index contributed by atoms with van der Waals surface area (Å²) in [7, 11) is 1.58. The second kappa shape index (κ2) is 7.76. The number of amides is 2. The van der Waals surface area contributed by atoms with Crippen molar-refractivity contribution in [1.29, 1.82) is 0 Å². The van der Waals surface area contributed by atoms with Crippen LogP contribution in [0.5, 0.6) is 0 Å². The number of rotatable bonds is 5. The number of aryl methyl sites for hydroxylation is 1. The molecule has 2 N–H and O–H groups in total. The van der Waals surface area contributed by atoms with Gasteiger partial charge in [-0.3, -0.25) is 14.4 Å². The van der Waals surface area contributed by atoms with Gasteiger partial charge in [0, 0.05) is 32.1 Å². The summed E-state index contributed by atoms with van der Waals surface area (Å²) < 4.78 is 0. The highest BCUT2D eigenvalue weighted by Gasteiger charge is 2.27. The van der Waals surface area contributed by atoms with Crippen molar-refractivity contribution in [1.82, 2.24) is 10.2 Å². The van der Waals surface area contributed by atoms with Gasteiger partial charge in [-0.25, -0.2) is 0 Å². The zero-order valence-corrected chi connectivity index (χ0v) is 13.2. The largest absolute Gasteiger partial charge is 0.481 e. The first-order valence-electron chi connectivity index (χ1n) is 7.83. The third-order valence-electron chi connectivity index (χ3n) is 4.17. The van der Waals surface area contributed by atoms with E-state index in [9.17, 15) is 14.4 Å².